The van der Waals surface area contributed by atoms with Gasteiger partial charge < -0.3 is 10.3 Å². The van der Waals surface area contributed by atoms with Gasteiger partial charge in [-0.2, -0.15) is 0 Å². The molecular formula is C24H20ClN3O3. The van der Waals surface area contributed by atoms with Crippen molar-refractivity contribution in [1.29, 1.82) is 0 Å². The molecule has 0 spiro atoms. The van der Waals surface area contributed by atoms with Gasteiger partial charge in [0.1, 0.15) is 0 Å². The molecule has 4 rings (SSSR count). The summed E-state index contributed by atoms with van der Waals surface area (Å²) in [5, 5.41) is 15.6. The minimum Gasteiger partial charge on any atom is -0.361 e. The molecule has 0 aliphatic carbocycles. The molecule has 0 radical (unpaired) electrons. The van der Waals surface area contributed by atoms with Crippen molar-refractivity contribution in [2.24, 2.45) is 0 Å². The molecule has 0 aliphatic rings. The molecule has 0 saturated carbocycles. The number of nitro groups is 1. The van der Waals surface area contributed by atoms with Crippen molar-refractivity contribution in [1.82, 2.24) is 10.3 Å². The maximum Gasteiger partial charge on any atom is 0.270 e. The summed E-state index contributed by atoms with van der Waals surface area (Å²) >= 11 is 6.05. The number of aromatic nitrogens is 1. The van der Waals surface area contributed by atoms with Crippen molar-refractivity contribution in [3.63, 3.8) is 0 Å². The van der Waals surface area contributed by atoms with Gasteiger partial charge in [0.25, 0.3) is 5.69 Å². The van der Waals surface area contributed by atoms with Gasteiger partial charge in [0, 0.05) is 53.1 Å². The van der Waals surface area contributed by atoms with Gasteiger partial charge in [-0.1, -0.05) is 54.1 Å². The van der Waals surface area contributed by atoms with Crippen LogP contribution in [0.2, 0.25) is 5.02 Å². The summed E-state index contributed by atoms with van der Waals surface area (Å²) in [7, 11) is 0. The molecule has 0 aliphatic heterocycles. The molecule has 6 nitrogen and oxygen atoms in total. The van der Waals surface area contributed by atoms with E-state index in [2.05, 4.69) is 10.3 Å². The van der Waals surface area contributed by atoms with Crippen LogP contribution in [0.25, 0.3) is 10.9 Å². The monoisotopic (exact) mass is 433 g/mol. The predicted molar refractivity (Wildman–Crippen MR) is 121 cm³/mol. The summed E-state index contributed by atoms with van der Waals surface area (Å²) in [6, 6.07) is 21.7. The van der Waals surface area contributed by atoms with Crippen molar-refractivity contribution in [3.8, 4) is 0 Å². The minimum absolute atomic E-state index is 0.0109. The number of carbonyl (C=O) groups is 1. The molecule has 0 unspecified atom stereocenters. The standard InChI is InChI=1S/C24H20ClN3O3/c25-18-8-6-17(7-9-18)20(13-24(29)27-14-16-4-2-1-3-5-16)22-15-26-23-11-10-19(28(30)31)12-21(22)23/h1-12,15,20,26H,13-14H2,(H,27,29)/t20-/m0/s1. The van der Waals surface area contributed by atoms with Crippen LogP contribution in [0.1, 0.15) is 29.0 Å². The van der Waals surface area contributed by atoms with Crippen LogP contribution in [0.5, 0.6) is 0 Å². The number of aromatic amines is 1. The Morgan fingerprint density at radius 2 is 1.81 bits per heavy atom. The van der Waals surface area contributed by atoms with Crippen molar-refractivity contribution < 1.29 is 9.72 Å². The lowest BCUT2D eigenvalue weighted by atomic mass is 9.88. The fraction of sp³-hybridized carbons (Fsp3) is 0.125. The van der Waals surface area contributed by atoms with Crippen LogP contribution >= 0.6 is 11.6 Å². The molecule has 156 valence electrons. The summed E-state index contributed by atoms with van der Waals surface area (Å²) in [4.78, 5) is 26.8. The first-order chi connectivity index (χ1) is 15.0. The van der Waals surface area contributed by atoms with Crippen LogP contribution in [-0.4, -0.2) is 15.8 Å². The second-order valence-corrected chi connectivity index (χ2v) is 7.74. The Balaban J connectivity index is 1.66. The minimum atomic E-state index is -0.417. The van der Waals surface area contributed by atoms with Gasteiger partial charge in [-0.05, 0) is 34.9 Å². The van der Waals surface area contributed by atoms with Gasteiger partial charge in [-0.3, -0.25) is 14.9 Å². The van der Waals surface area contributed by atoms with Gasteiger partial charge in [0.2, 0.25) is 5.91 Å². The van der Waals surface area contributed by atoms with Gasteiger partial charge in [-0.15, -0.1) is 0 Å². The number of halogens is 1. The summed E-state index contributed by atoms with van der Waals surface area (Å²) in [6.07, 6.45) is 2.02. The molecule has 1 atom stereocenters. The Bertz CT molecular complexity index is 1220. The second-order valence-electron chi connectivity index (χ2n) is 7.30. The van der Waals surface area contributed by atoms with Crippen LogP contribution in [0.15, 0.2) is 79.0 Å². The summed E-state index contributed by atoms with van der Waals surface area (Å²) < 4.78 is 0. The third-order valence-electron chi connectivity index (χ3n) is 5.28. The highest BCUT2D eigenvalue weighted by molar-refractivity contribution is 6.30. The number of hydrogen-bond acceptors (Lipinski definition) is 3. The number of non-ortho nitro benzene ring substituents is 1. The lowest BCUT2D eigenvalue weighted by molar-refractivity contribution is -0.384. The number of hydrogen-bond donors (Lipinski definition) is 2. The van der Waals surface area contributed by atoms with Crippen LogP contribution in [0.4, 0.5) is 5.69 Å². The van der Waals surface area contributed by atoms with E-state index < -0.39 is 4.92 Å². The lowest BCUT2D eigenvalue weighted by Crippen LogP contribution is -2.25. The number of fused-ring (bicyclic) bond motifs is 1. The van der Waals surface area contributed by atoms with E-state index in [0.29, 0.717) is 11.6 Å². The summed E-state index contributed by atoms with van der Waals surface area (Å²) in [5.41, 5.74) is 3.55. The number of H-pyrrole nitrogens is 1. The zero-order valence-electron chi connectivity index (χ0n) is 16.5. The highest BCUT2D eigenvalue weighted by Gasteiger charge is 2.22. The normalized spacial score (nSPS) is 11.9. The molecule has 7 heteroatoms. The molecule has 2 N–H and O–H groups in total. The fourth-order valence-electron chi connectivity index (χ4n) is 3.69. The number of nitrogens with zero attached hydrogens (tertiary/aromatic N) is 1. The van der Waals surface area contributed by atoms with Crippen molar-refractivity contribution >= 4 is 34.1 Å². The number of amides is 1. The van der Waals surface area contributed by atoms with Crippen molar-refractivity contribution in [3.05, 3.63) is 111 Å². The Hall–Kier alpha value is -3.64. The van der Waals surface area contributed by atoms with Crippen LogP contribution < -0.4 is 5.32 Å². The Morgan fingerprint density at radius 1 is 1.06 bits per heavy atom. The summed E-state index contributed by atoms with van der Waals surface area (Å²) in [5.74, 6) is -0.396. The SMILES string of the molecule is O=C(C[C@@H](c1ccc(Cl)cc1)c1c[nH]c2ccc([N+](=O)[O-])cc12)NCc1ccccc1. The van der Waals surface area contributed by atoms with E-state index in [1.165, 1.54) is 6.07 Å². The van der Waals surface area contributed by atoms with Crippen LogP contribution in [0.3, 0.4) is 0 Å². The molecule has 1 aromatic heterocycles. The largest absolute Gasteiger partial charge is 0.361 e. The zero-order valence-corrected chi connectivity index (χ0v) is 17.3. The highest BCUT2D eigenvalue weighted by Crippen LogP contribution is 2.35. The van der Waals surface area contributed by atoms with Gasteiger partial charge in [-0.25, -0.2) is 0 Å². The molecule has 4 aromatic rings. The third kappa shape index (κ3) is 4.75. The third-order valence-corrected chi connectivity index (χ3v) is 5.53. The Labute approximate surface area is 184 Å². The van der Waals surface area contributed by atoms with E-state index in [4.69, 9.17) is 11.6 Å². The molecule has 0 bridgehead atoms. The number of carbonyl (C=O) groups excluding carboxylic acids is 1. The van der Waals surface area contributed by atoms with Crippen LogP contribution in [-0.2, 0) is 11.3 Å². The number of benzene rings is 3. The highest BCUT2D eigenvalue weighted by atomic mass is 35.5. The molecule has 3 aromatic carbocycles. The summed E-state index contributed by atoms with van der Waals surface area (Å²) in [6.45, 7) is 0.437. The lowest BCUT2D eigenvalue weighted by Gasteiger charge is -2.17. The van der Waals surface area contributed by atoms with Gasteiger partial charge in [0.15, 0.2) is 0 Å². The van der Waals surface area contributed by atoms with Crippen molar-refractivity contribution in [2.45, 2.75) is 18.9 Å². The predicted octanol–water partition coefficient (Wildman–Crippen LogP) is 5.57. The van der Waals surface area contributed by atoms with Gasteiger partial charge >= 0.3 is 0 Å². The smallest absolute Gasteiger partial charge is 0.270 e. The van der Waals surface area contributed by atoms with E-state index in [0.717, 1.165) is 27.6 Å². The number of rotatable bonds is 7. The average Bonchev–Trinajstić information content (AvgIpc) is 3.20. The number of nitro benzene ring substituents is 1. The molecular weight excluding hydrogens is 414 g/mol. The topological polar surface area (TPSA) is 88.0 Å². The molecule has 1 amide bonds. The van der Waals surface area contributed by atoms with Crippen LogP contribution in [0, 0.1) is 10.1 Å². The molecule has 31 heavy (non-hydrogen) atoms. The average molecular weight is 434 g/mol. The number of nitrogens with one attached hydrogen (secondary N) is 2. The maximum atomic E-state index is 12.8. The van der Waals surface area contributed by atoms with E-state index in [-0.39, 0.29) is 23.9 Å². The molecule has 1 heterocycles. The first kappa shape index (κ1) is 20.6. The van der Waals surface area contributed by atoms with E-state index in [9.17, 15) is 14.9 Å². The first-order valence-corrected chi connectivity index (χ1v) is 10.2. The van der Waals surface area contributed by atoms with E-state index in [1.807, 2.05) is 48.7 Å². The first-order valence-electron chi connectivity index (χ1n) is 9.83. The quantitative estimate of drug-likeness (QED) is 0.295. The molecule has 0 fully saturated rings. The van der Waals surface area contributed by atoms with E-state index in [1.54, 1.807) is 24.3 Å². The Kier molecular flexibility index (Phi) is 6.00. The second kappa shape index (κ2) is 9.02. The Morgan fingerprint density at radius 3 is 2.52 bits per heavy atom. The van der Waals surface area contributed by atoms with E-state index >= 15 is 0 Å². The van der Waals surface area contributed by atoms with Gasteiger partial charge in [0.05, 0.1) is 4.92 Å². The maximum absolute atomic E-state index is 12.8. The fourth-order valence-corrected chi connectivity index (χ4v) is 3.81. The zero-order chi connectivity index (χ0) is 21.8. The van der Waals surface area contributed by atoms with Crippen molar-refractivity contribution in [2.75, 3.05) is 0 Å². The molecule has 0 saturated heterocycles.